The van der Waals surface area contributed by atoms with Gasteiger partial charge in [-0.25, -0.2) is 9.50 Å². The molecule has 0 saturated carbocycles. The number of aromatic nitrogens is 4. The molecular weight excluding hydrogens is 452 g/mol. The lowest BCUT2D eigenvalue weighted by Crippen LogP contribution is -2.42. The molecule has 0 aliphatic carbocycles. The number of likely N-dealkylation sites (N-methyl/N-ethyl adjacent to an activating group) is 1. The Bertz CT molecular complexity index is 1380. The van der Waals surface area contributed by atoms with Crippen molar-refractivity contribution in [1.29, 1.82) is 0 Å². The molecule has 8 heteroatoms. The fourth-order valence-electron chi connectivity index (χ4n) is 5.44. The van der Waals surface area contributed by atoms with E-state index in [1.807, 2.05) is 37.0 Å². The van der Waals surface area contributed by atoms with Gasteiger partial charge in [0.2, 0.25) is 5.91 Å². The van der Waals surface area contributed by atoms with Crippen molar-refractivity contribution in [2.24, 2.45) is 0 Å². The molecule has 36 heavy (non-hydrogen) atoms. The number of hydrogen-bond donors (Lipinski definition) is 1. The van der Waals surface area contributed by atoms with Crippen LogP contribution in [0.5, 0.6) is 5.75 Å². The highest BCUT2D eigenvalue weighted by Crippen LogP contribution is 2.39. The number of nitrogens with one attached hydrogen (secondary N) is 1. The number of piperidine rings is 1. The van der Waals surface area contributed by atoms with E-state index < -0.39 is 0 Å². The number of carbonyl (C=O) groups excluding carboxylic acids is 1. The van der Waals surface area contributed by atoms with Crippen molar-refractivity contribution < 1.29 is 9.53 Å². The first-order chi connectivity index (χ1) is 17.4. The molecule has 4 heterocycles. The van der Waals surface area contributed by atoms with Crippen LogP contribution in [-0.4, -0.2) is 75.6 Å². The van der Waals surface area contributed by atoms with Crippen LogP contribution in [0.15, 0.2) is 36.8 Å². The molecule has 4 aromatic rings. The monoisotopic (exact) mass is 488 g/mol. The Morgan fingerprint density at radius 3 is 2.69 bits per heavy atom. The largest absolute Gasteiger partial charge is 0.490 e. The zero-order chi connectivity index (χ0) is 25.4. The van der Waals surface area contributed by atoms with Crippen LogP contribution in [0, 0.1) is 0 Å². The Balaban J connectivity index is 1.48. The van der Waals surface area contributed by atoms with E-state index in [0.717, 1.165) is 54.1 Å². The number of fused-ring (bicyclic) bond motifs is 2. The van der Waals surface area contributed by atoms with E-state index in [0.29, 0.717) is 25.0 Å². The zero-order valence-corrected chi connectivity index (χ0v) is 21.9. The number of H-pyrrole nitrogens is 1. The summed E-state index contributed by atoms with van der Waals surface area (Å²) in [5.74, 6) is 1.75. The van der Waals surface area contributed by atoms with E-state index in [4.69, 9.17) is 4.74 Å². The van der Waals surface area contributed by atoms with Crippen LogP contribution in [-0.2, 0) is 4.79 Å². The van der Waals surface area contributed by atoms with Crippen LogP contribution in [0.1, 0.15) is 56.6 Å². The van der Waals surface area contributed by atoms with E-state index in [1.54, 1.807) is 10.8 Å². The number of benzene rings is 1. The summed E-state index contributed by atoms with van der Waals surface area (Å²) in [5.41, 5.74) is 6.64. The number of aromatic amines is 1. The Labute approximate surface area is 212 Å². The summed E-state index contributed by atoms with van der Waals surface area (Å²) in [6.07, 6.45) is 5.57. The van der Waals surface area contributed by atoms with Gasteiger partial charge in [-0.15, -0.1) is 0 Å². The van der Waals surface area contributed by atoms with Gasteiger partial charge in [-0.3, -0.25) is 4.79 Å². The highest BCUT2D eigenvalue weighted by Gasteiger charge is 2.25. The number of nitrogens with zero attached hydrogens (tertiary/aromatic N) is 5. The normalized spacial score (nSPS) is 15.0. The summed E-state index contributed by atoms with van der Waals surface area (Å²) < 4.78 is 7.68. The van der Waals surface area contributed by atoms with Gasteiger partial charge in [0.25, 0.3) is 0 Å². The topological polar surface area (TPSA) is 78.8 Å². The minimum Gasteiger partial charge on any atom is -0.490 e. The quantitative estimate of drug-likeness (QED) is 0.409. The molecule has 8 nitrogen and oxygen atoms in total. The van der Waals surface area contributed by atoms with Crippen LogP contribution < -0.4 is 4.74 Å². The number of pyridine rings is 1. The summed E-state index contributed by atoms with van der Waals surface area (Å²) in [6.45, 7) is 9.15. The summed E-state index contributed by atoms with van der Waals surface area (Å²) in [6, 6.07) is 8.89. The van der Waals surface area contributed by atoms with Crippen LogP contribution in [0.2, 0.25) is 0 Å². The van der Waals surface area contributed by atoms with Crippen molar-refractivity contribution in [3.8, 4) is 17.0 Å². The lowest BCUT2D eigenvalue weighted by atomic mass is 9.87. The second-order valence-electron chi connectivity index (χ2n) is 10.3. The molecule has 190 valence electrons. The maximum atomic E-state index is 12.5. The average molecular weight is 489 g/mol. The fraction of sp³-hybridized carbons (Fsp3) is 0.464. The lowest BCUT2D eigenvalue weighted by Gasteiger charge is -2.33. The van der Waals surface area contributed by atoms with Crippen molar-refractivity contribution in [3.63, 3.8) is 0 Å². The number of carbonyl (C=O) groups is 1. The lowest BCUT2D eigenvalue weighted by molar-refractivity contribution is -0.132. The number of amides is 1. The molecule has 1 aliphatic rings. The van der Waals surface area contributed by atoms with Gasteiger partial charge < -0.3 is 19.5 Å². The predicted octanol–water partition coefficient (Wildman–Crippen LogP) is 4.67. The second kappa shape index (κ2) is 9.93. The number of ether oxygens (including phenoxy) is 1. The molecule has 1 saturated heterocycles. The maximum Gasteiger partial charge on any atom is 0.236 e. The molecule has 1 amide bonds. The number of likely N-dealkylation sites (tertiary alicyclic amines) is 1. The summed E-state index contributed by atoms with van der Waals surface area (Å²) in [4.78, 5) is 24.5. The molecule has 5 rings (SSSR count). The van der Waals surface area contributed by atoms with Crippen LogP contribution in [0.3, 0.4) is 0 Å². The Hall–Kier alpha value is -3.39. The molecule has 0 radical (unpaired) electrons. The fourth-order valence-corrected chi connectivity index (χ4v) is 5.44. The number of hydrogen-bond acceptors (Lipinski definition) is 5. The van der Waals surface area contributed by atoms with Crippen molar-refractivity contribution >= 4 is 22.5 Å². The van der Waals surface area contributed by atoms with Gasteiger partial charge in [0.1, 0.15) is 6.33 Å². The smallest absolute Gasteiger partial charge is 0.236 e. The van der Waals surface area contributed by atoms with Crippen molar-refractivity contribution in [2.45, 2.75) is 45.4 Å². The molecule has 0 bridgehead atoms. The molecule has 0 unspecified atom stereocenters. The first kappa shape index (κ1) is 24.3. The van der Waals surface area contributed by atoms with Gasteiger partial charge in [-0.1, -0.05) is 19.9 Å². The van der Waals surface area contributed by atoms with Crippen molar-refractivity contribution in [3.05, 3.63) is 47.9 Å². The van der Waals surface area contributed by atoms with E-state index >= 15 is 0 Å². The van der Waals surface area contributed by atoms with Crippen LogP contribution in [0.4, 0.5) is 0 Å². The Kier molecular flexibility index (Phi) is 6.71. The molecule has 3 aromatic heterocycles. The molecule has 1 aromatic carbocycles. The van der Waals surface area contributed by atoms with Crippen molar-refractivity contribution in [1.82, 2.24) is 29.4 Å². The highest BCUT2D eigenvalue weighted by atomic mass is 16.5. The first-order valence-corrected chi connectivity index (χ1v) is 12.9. The van der Waals surface area contributed by atoms with E-state index in [1.165, 1.54) is 16.5 Å². The Morgan fingerprint density at radius 1 is 1.22 bits per heavy atom. The predicted molar refractivity (Wildman–Crippen MR) is 143 cm³/mol. The van der Waals surface area contributed by atoms with Gasteiger partial charge in [0, 0.05) is 35.8 Å². The molecule has 1 N–H and O–H groups in total. The van der Waals surface area contributed by atoms with Crippen molar-refractivity contribution in [2.75, 3.05) is 40.3 Å². The molecule has 1 aliphatic heterocycles. The summed E-state index contributed by atoms with van der Waals surface area (Å²) in [5, 5.41) is 5.63. The molecule has 1 fully saturated rings. The maximum absolute atomic E-state index is 12.5. The second-order valence-corrected chi connectivity index (χ2v) is 10.3. The van der Waals surface area contributed by atoms with Gasteiger partial charge in [-0.05, 0) is 75.0 Å². The molecule has 0 spiro atoms. The van der Waals surface area contributed by atoms with E-state index in [-0.39, 0.29) is 5.91 Å². The standard InChI is InChI=1S/C28H36N6O2/c1-6-36-24-14-21(15-34-28(24)29-17-30-34)27-26(18(2)3)22-13-20(7-8-23(22)31-27)19-9-11-33(12-10-19)25(35)16-32(4)5/h7-8,13-15,17-19,31H,6,9-12,16H2,1-5H3. The minimum absolute atomic E-state index is 0.224. The first-order valence-electron chi connectivity index (χ1n) is 12.9. The van der Waals surface area contributed by atoms with Gasteiger partial charge in [-0.2, -0.15) is 5.10 Å². The zero-order valence-electron chi connectivity index (χ0n) is 21.9. The highest BCUT2D eigenvalue weighted by molar-refractivity contribution is 5.92. The van der Waals surface area contributed by atoms with Crippen LogP contribution in [0.25, 0.3) is 27.8 Å². The summed E-state index contributed by atoms with van der Waals surface area (Å²) >= 11 is 0. The third kappa shape index (κ3) is 4.57. The van der Waals surface area contributed by atoms with E-state index in [9.17, 15) is 4.79 Å². The minimum atomic E-state index is 0.224. The van der Waals surface area contributed by atoms with Gasteiger partial charge >= 0.3 is 0 Å². The third-order valence-corrected chi connectivity index (χ3v) is 7.14. The average Bonchev–Trinajstić information content (AvgIpc) is 3.48. The van der Waals surface area contributed by atoms with Crippen LogP contribution >= 0.6 is 0 Å². The Morgan fingerprint density at radius 2 is 2.00 bits per heavy atom. The SMILES string of the molecule is CCOc1cc(-c2[nH]c3ccc(C4CCN(C(=O)CN(C)C)CC4)cc3c2C(C)C)cn2ncnc12. The van der Waals surface area contributed by atoms with Gasteiger partial charge in [0.15, 0.2) is 11.4 Å². The number of rotatable bonds is 7. The molecular formula is C28H36N6O2. The summed E-state index contributed by atoms with van der Waals surface area (Å²) in [7, 11) is 3.89. The van der Waals surface area contributed by atoms with E-state index in [2.05, 4.69) is 53.2 Å². The molecule has 0 atom stereocenters. The third-order valence-electron chi connectivity index (χ3n) is 7.14. The van der Waals surface area contributed by atoms with Gasteiger partial charge in [0.05, 0.1) is 18.8 Å².